The van der Waals surface area contributed by atoms with Crippen LogP contribution in [0.1, 0.15) is 0 Å². The van der Waals surface area contributed by atoms with E-state index in [0.29, 0.717) is 0 Å². The van der Waals surface area contributed by atoms with Gasteiger partial charge in [0.15, 0.2) is 0 Å². The van der Waals surface area contributed by atoms with Gasteiger partial charge in [-0.3, -0.25) is 0 Å². The van der Waals surface area contributed by atoms with Crippen LogP contribution in [0, 0.1) is 0 Å². The zero-order valence-corrected chi connectivity index (χ0v) is 5.02. The number of aliphatic hydroxyl groups excluding tert-OH is 2. The van der Waals surface area contributed by atoms with Crippen LogP contribution < -0.4 is 0 Å². The van der Waals surface area contributed by atoms with Gasteiger partial charge in [-0.25, -0.2) is 0 Å². The van der Waals surface area contributed by atoms with E-state index in [1.54, 1.807) is 0 Å². The van der Waals surface area contributed by atoms with Crippen LogP contribution in [0.25, 0.3) is 0 Å². The first-order chi connectivity index (χ1) is 3.18. The van der Waals surface area contributed by atoms with Gasteiger partial charge >= 0.3 is 0 Å². The molecule has 0 rings (SSSR count). The number of rotatable bonds is 2. The second-order valence-electron chi connectivity index (χ2n) is 1.08. The molecule has 0 aromatic carbocycles. The fourth-order valence-electron chi connectivity index (χ4n) is 0.0797. The molecule has 1 atom stereocenters. The van der Waals surface area contributed by atoms with Gasteiger partial charge in [0, 0.05) is 0 Å². The molecule has 2 nitrogen and oxygen atoms in total. The summed E-state index contributed by atoms with van der Waals surface area (Å²) in [4.78, 5) is -0.884. The molecule has 4 heteroatoms. The molecular formula is C3H6Cl2O2. The van der Waals surface area contributed by atoms with Gasteiger partial charge in [-0.2, -0.15) is 0 Å². The van der Waals surface area contributed by atoms with Crippen molar-refractivity contribution < 1.29 is 10.2 Å². The molecule has 0 bridgehead atoms. The summed E-state index contributed by atoms with van der Waals surface area (Å²) < 4.78 is 0. The van der Waals surface area contributed by atoms with Gasteiger partial charge in [-0.1, -0.05) is 0 Å². The van der Waals surface area contributed by atoms with E-state index >= 15 is 0 Å². The molecule has 0 fully saturated rings. The number of hydrogen-bond acceptors (Lipinski definition) is 2. The zero-order chi connectivity index (χ0) is 5.86. The third-order valence-corrected chi connectivity index (χ3v) is 1.06. The SMILES string of the molecule is OC[C@H](O)C(Cl)Cl. The zero-order valence-electron chi connectivity index (χ0n) is 3.51. The Morgan fingerprint density at radius 1 is 1.43 bits per heavy atom. The third-order valence-electron chi connectivity index (χ3n) is 0.478. The van der Waals surface area contributed by atoms with E-state index in [-0.39, 0.29) is 0 Å². The summed E-state index contributed by atoms with van der Waals surface area (Å²) in [5.41, 5.74) is 0. The van der Waals surface area contributed by atoms with Crippen LogP contribution in [0.4, 0.5) is 0 Å². The number of aliphatic hydroxyl groups is 2. The summed E-state index contributed by atoms with van der Waals surface area (Å²) in [5.74, 6) is 0. The maximum Gasteiger partial charge on any atom is 0.135 e. The summed E-state index contributed by atoms with van der Waals surface area (Å²) in [6, 6.07) is 0. The fraction of sp³-hybridized carbons (Fsp3) is 1.00. The van der Waals surface area contributed by atoms with Crippen LogP contribution in [-0.4, -0.2) is 27.8 Å². The van der Waals surface area contributed by atoms with Crippen molar-refractivity contribution in [1.82, 2.24) is 0 Å². The summed E-state index contributed by atoms with van der Waals surface area (Å²) in [6.07, 6.45) is -1.01. The van der Waals surface area contributed by atoms with Crippen LogP contribution in [0.5, 0.6) is 0 Å². The average molecular weight is 145 g/mol. The molecule has 0 amide bonds. The molecule has 0 aliphatic heterocycles. The molecule has 2 N–H and O–H groups in total. The van der Waals surface area contributed by atoms with Gasteiger partial charge in [0.2, 0.25) is 0 Å². The predicted octanol–water partition coefficient (Wildman–Crippen LogP) is 0.143. The predicted molar refractivity (Wildman–Crippen MR) is 28.6 cm³/mol. The van der Waals surface area contributed by atoms with E-state index in [9.17, 15) is 0 Å². The van der Waals surface area contributed by atoms with Crippen LogP contribution in [0.2, 0.25) is 0 Å². The molecule has 44 valence electrons. The Balaban J connectivity index is 3.14. The molecule has 0 saturated heterocycles. The standard InChI is InChI=1S/C3H6Cl2O2/c4-3(5)2(7)1-6/h2-3,6-7H,1H2/t2-/m0/s1. The first-order valence-electron chi connectivity index (χ1n) is 1.75. The van der Waals surface area contributed by atoms with Gasteiger partial charge in [0.05, 0.1) is 6.61 Å². The molecule has 7 heavy (non-hydrogen) atoms. The summed E-state index contributed by atoms with van der Waals surface area (Å²) in [6.45, 7) is -0.391. The van der Waals surface area contributed by atoms with E-state index in [1.165, 1.54) is 0 Å². The Kier molecular flexibility index (Phi) is 3.75. The molecule has 0 heterocycles. The molecule has 0 aliphatic carbocycles. The van der Waals surface area contributed by atoms with Crippen molar-refractivity contribution in [2.24, 2.45) is 0 Å². The van der Waals surface area contributed by atoms with E-state index < -0.39 is 17.5 Å². The third kappa shape index (κ3) is 3.12. The number of alkyl halides is 2. The van der Waals surface area contributed by atoms with Crippen LogP contribution >= 0.6 is 23.2 Å². The maximum absolute atomic E-state index is 8.42. The van der Waals surface area contributed by atoms with Crippen molar-refractivity contribution >= 4 is 23.2 Å². The lowest BCUT2D eigenvalue weighted by Gasteiger charge is -2.04. The molecule has 0 radical (unpaired) electrons. The van der Waals surface area contributed by atoms with Crippen molar-refractivity contribution in [3.8, 4) is 0 Å². The highest BCUT2D eigenvalue weighted by atomic mass is 35.5. The molecule has 0 unspecified atom stereocenters. The van der Waals surface area contributed by atoms with Crippen molar-refractivity contribution in [3.05, 3.63) is 0 Å². The molecule has 0 aromatic heterocycles. The number of hydrogen-bond donors (Lipinski definition) is 2. The Morgan fingerprint density at radius 2 is 1.86 bits per heavy atom. The second-order valence-corrected chi connectivity index (χ2v) is 2.25. The van der Waals surface area contributed by atoms with Crippen LogP contribution in [0.3, 0.4) is 0 Å². The molecule has 0 spiro atoms. The summed E-state index contributed by atoms with van der Waals surface area (Å²) in [7, 11) is 0. The second kappa shape index (κ2) is 3.50. The monoisotopic (exact) mass is 144 g/mol. The van der Waals surface area contributed by atoms with E-state index in [4.69, 9.17) is 33.4 Å². The maximum atomic E-state index is 8.42. The summed E-state index contributed by atoms with van der Waals surface area (Å²) in [5, 5.41) is 16.5. The highest BCUT2D eigenvalue weighted by Gasteiger charge is 2.09. The smallest absolute Gasteiger partial charge is 0.135 e. The minimum Gasteiger partial charge on any atom is -0.394 e. The topological polar surface area (TPSA) is 40.5 Å². The highest BCUT2D eigenvalue weighted by molar-refractivity contribution is 6.44. The lowest BCUT2D eigenvalue weighted by molar-refractivity contribution is 0.105. The van der Waals surface area contributed by atoms with Crippen LogP contribution in [0.15, 0.2) is 0 Å². The molecular weight excluding hydrogens is 139 g/mol. The number of halogens is 2. The Morgan fingerprint density at radius 3 is 1.86 bits per heavy atom. The Labute approximate surface area is 51.7 Å². The van der Waals surface area contributed by atoms with Crippen LogP contribution in [-0.2, 0) is 0 Å². The molecule has 0 saturated carbocycles. The minimum absolute atomic E-state index is 0.391. The summed E-state index contributed by atoms with van der Waals surface area (Å²) >= 11 is 10.2. The van der Waals surface area contributed by atoms with Gasteiger partial charge in [-0.05, 0) is 0 Å². The molecule has 0 aliphatic rings. The van der Waals surface area contributed by atoms with Gasteiger partial charge in [0.1, 0.15) is 10.9 Å². The Hall–Kier alpha value is 0.500. The molecule has 0 aromatic rings. The van der Waals surface area contributed by atoms with Gasteiger partial charge in [0.25, 0.3) is 0 Å². The largest absolute Gasteiger partial charge is 0.394 e. The van der Waals surface area contributed by atoms with Crippen molar-refractivity contribution in [2.45, 2.75) is 10.9 Å². The minimum atomic E-state index is -1.01. The first kappa shape index (κ1) is 7.50. The van der Waals surface area contributed by atoms with Crippen molar-refractivity contribution in [1.29, 1.82) is 0 Å². The highest BCUT2D eigenvalue weighted by Crippen LogP contribution is 2.05. The first-order valence-corrected chi connectivity index (χ1v) is 2.63. The van der Waals surface area contributed by atoms with Crippen molar-refractivity contribution in [2.75, 3.05) is 6.61 Å². The van der Waals surface area contributed by atoms with Gasteiger partial charge in [-0.15, -0.1) is 23.2 Å². The van der Waals surface area contributed by atoms with Crippen molar-refractivity contribution in [3.63, 3.8) is 0 Å². The van der Waals surface area contributed by atoms with E-state index in [2.05, 4.69) is 0 Å². The Bertz CT molecular complexity index is 48.2. The fourth-order valence-corrected chi connectivity index (χ4v) is 0.239. The van der Waals surface area contributed by atoms with Gasteiger partial charge < -0.3 is 10.2 Å². The average Bonchev–Trinajstić information content (AvgIpc) is 1.65. The lowest BCUT2D eigenvalue weighted by Crippen LogP contribution is -2.19. The lowest BCUT2D eigenvalue weighted by atomic mass is 10.4. The normalized spacial score (nSPS) is 15.0. The quantitative estimate of drug-likeness (QED) is 0.542. The van der Waals surface area contributed by atoms with E-state index in [0.717, 1.165) is 0 Å². The van der Waals surface area contributed by atoms with E-state index in [1.807, 2.05) is 0 Å².